The van der Waals surface area contributed by atoms with E-state index in [0.29, 0.717) is 11.5 Å². The summed E-state index contributed by atoms with van der Waals surface area (Å²) in [5.74, 6) is 1.02. The summed E-state index contributed by atoms with van der Waals surface area (Å²) in [6.45, 7) is 4.05. The highest BCUT2D eigenvalue weighted by Crippen LogP contribution is 2.21. The second kappa shape index (κ2) is 3.38. The van der Waals surface area contributed by atoms with Crippen LogP contribution in [0.4, 0.5) is 0 Å². The Morgan fingerprint density at radius 3 is 2.80 bits per heavy atom. The number of amidine groups is 1. The molecule has 2 aromatic rings. The normalized spacial score (nSPS) is 11.1. The zero-order valence-corrected chi connectivity index (χ0v) is 8.74. The molecular weight excluding hydrogens is 190 g/mol. The minimum atomic E-state index is 0.0472. The monoisotopic (exact) mass is 203 g/mol. The molecule has 4 heteroatoms. The van der Waals surface area contributed by atoms with Crippen molar-refractivity contribution in [1.82, 2.24) is 4.98 Å². The van der Waals surface area contributed by atoms with Crippen LogP contribution in [0.2, 0.25) is 0 Å². The highest BCUT2D eigenvalue weighted by atomic mass is 16.3. The van der Waals surface area contributed by atoms with Crippen LogP contribution in [-0.2, 0) is 0 Å². The molecule has 0 saturated heterocycles. The molecular formula is C11H13N3O. The van der Waals surface area contributed by atoms with Gasteiger partial charge in [0.05, 0.1) is 0 Å². The zero-order chi connectivity index (χ0) is 11.0. The first-order chi connectivity index (χ1) is 7.08. The minimum absolute atomic E-state index is 0.0472. The third-order valence-electron chi connectivity index (χ3n) is 2.21. The van der Waals surface area contributed by atoms with Crippen LogP contribution >= 0.6 is 0 Å². The van der Waals surface area contributed by atoms with Crippen molar-refractivity contribution in [2.75, 3.05) is 0 Å². The van der Waals surface area contributed by atoms with E-state index < -0.39 is 0 Å². The lowest BCUT2D eigenvalue weighted by atomic mass is 10.2. The number of aromatic nitrogens is 1. The van der Waals surface area contributed by atoms with Crippen LogP contribution in [0.5, 0.6) is 0 Å². The molecule has 0 radical (unpaired) electrons. The summed E-state index contributed by atoms with van der Waals surface area (Å²) in [7, 11) is 0. The molecule has 0 aliphatic carbocycles. The number of oxazole rings is 1. The Morgan fingerprint density at radius 1 is 1.47 bits per heavy atom. The van der Waals surface area contributed by atoms with Crippen molar-refractivity contribution in [1.29, 1.82) is 5.41 Å². The van der Waals surface area contributed by atoms with Crippen molar-refractivity contribution in [3.8, 4) is 0 Å². The van der Waals surface area contributed by atoms with Crippen molar-refractivity contribution in [3.63, 3.8) is 0 Å². The van der Waals surface area contributed by atoms with Crippen molar-refractivity contribution in [3.05, 3.63) is 29.7 Å². The third kappa shape index (κ3) is 1.70. The molecule has 0 bridgehead atoms. The standard InChI is InChI=1S/C11H13N3O/c1-6(2)11-14-8-5-7(10(12)13)3-4-9(8)15-11/h3-6H,1-2H3,(H3,12,13). The third-order valence-corrected chi connectivity index (χ3v) is 2.21. The molecule has 4 nitrogen and oxygen atoms in total. The molecule has 0 unspecified atom stereocenters. The fourth-order valence-corrected chi connectivity index (χ4v) is 1.36. The minimum Gasteiger partial charge on any atom is -0.440 e. The molecule has 15 heavy (non-hydrogen) atoms. The molecule has 1 aromatic carbocycles. The first-order valence-corrected chi connectivity index (χ1v) is 4.83. The van der Waals surface area contributed by atoms with Gasteiger partial charge in [-0.25, -0.2) is 4.98 Å². The van der Waals surface area contributed by atoms with Crippen molar-refractivity contribution < 1.29 is 4.42 Å². The second-order valence-electron chi connectivity index (χ2n) is 3.80. The Morgan fingerprint density at radius 2 is 2.20 bits per heavy atom. The predicted octanol–water partition coefficient (Wildman–Crippen LogP) is 2.24. The van der Waals surface area contributed by atoms with Gasteiger partial charge in [-0.15, -0.1) is 0 Å². The number of hydrogen-bond acceptors (Lipinski definition) is 3. The van der Waals surface area contributed by atoms with Gasteiger partial charge in [0.1, 0.15) is 11.4 Å². The summed E-state index contributed by atoms with van der Waals surface area (Å²) in [4.78, 5) is 4.34. The van der Waals surface area contributed by atoms with Crippen LogP contribution in [0, 0.1) is 5.41 Å². The maximum Gasteiger partial charge on any atom is 0.198 e. The number of rotatable bonds is 2. The van der Waals surface area contributed by atoms with E-state index in [1.54, 1.807) is 18.2 Å². The first kappa shape index (κ1) is 9.71. The van der Waals surface area contributed by atoms with Crippen LogP contribution in [0.15, 0.2) is 22.6 Å². The van der Waals surface area contributed by atoms with Gasteiger partial charge < -0.3 is 10.2 Å². The van der Waals surface area contributed by atoms with Crippen LogP contribution < -0.4 is 5.73 Å². The Balaban J connectivity index is 2.57. The molecule has 0 atom stereocenters. The van der Waals surface area contributed by atoms with Gasteiger partial charge in [-0.05, 0) is 18.2 Å². The lowest BCUT2D eigenvalue weighted by molar-refractivity contribution is 0.501. The number of hydrogen-bond donors (Lipinski definition) is 2. The Hall–Kier alpha value is -1.84. The molecule has 0 spiro atoms. The average Bonchev–Trinajstić information content (AvgIpc) is 2.59. The van der Waals surface area contributed by atoms with E-state index in [1.165, 1.54) is 0 Å². The Labute approximate surface area is 87.6 Å². The molecule has 3 N–H and O–H groups in total. The number of nitrogen functional groups attached to an aromatic ring is 1. The van der Waals surface area contributed by atoms with Gasteiger partial charge in [0.25, 0.3) is 0 Å². The van der Waals surface area contributed by atoms with E-state index in [9.17, 15) is 0 Å². The SMILES string of the molecule is CC(C)c1nc2cc(C(=N)N)ccc2o1. The van der Waals surface area contributed by atoms with Gasteiger partial charge >= 0.3 is 0 Å². The quantitative estimate of drug-likeness (QED) is 0.580. The van der Waals surface area contributed by atoms with Gasteiger partial charge in [-0.1, -0.05) is 13.8 Å². The summed E-state index contributed by atoms with van der Waals surface area (Å²) >= 11 is 0. The van der Waals surface area contributed by atoms with Crippen molar-refractivity contribution in [2.45, 2.75) is 19.8 Å². The fraction of sp³-hybridized carbons (Fsp3) is 0.273. The largest absolute Gasteiger partial charge is 0.440 e. The van der Waals surface area contributed by atoms with Crippen LogP contribution in [0.3, 0.4) is 0 Å². The summed E-state index contributed by atoms with van der Waals surface area (Å²) in [5.41, 5.74) is 7.56. The van der Waals surface area contributed by atoms with E-state index >= 15 is 0 Å². The van der Waals surface area contributed by atoms with Crippen LogP contribution in [-0.4, -0.2) is 10.8 Å². The van der Waals surface area contributed by atoms with Gasteiger partial charge in [0.2, 0.25) is 0 Å². The highest BCUT2D eigenvalue weighted by molar-refractivity contribution is 5.97. The molecule has 0 fully saturated rings. The van der Waals surface area contributed by atoms with Crippen LogP contribution in [0.1, 0.15) is 31.2 Å². The number of nitrogens with two attached hydrogens (primary N) is 1. The Kier molecular flexibility index (Phi) is 2.19. The van der Waals surface area contributed by atoms with E-state index in [0.717, 1.165) is 11.1 Å². The van der Waals surface area contributed by atoms with E-state index in [1.807, 2.05) is 13.8 Å². The van der Waals surface area contributed by atoms with E-state index in [-0.39, 0.29) is 11.8 Å². The molecule has 1 heterocycles. The maximum absolute atomic E-state index is 7.32. The topological polar surface area (TPSA) is 75.9 Å². The lowest BCUT2D eigenvalue weighted by Gasteiger charge is -1.95. The van der Waals surface area contributed by atoms with Gasteiger partial charge in [0, 0.05) is 11.5 Å². The van der Waals surface area contributed by atoms with E-state index in [2.05, 4.69) is 4.98 Å². The molecule has 0 saturated carbocycles. The number of fused-ring (bicyclic) bond motifs is 1. The van der Waals surface area contributed by atoms with Crippen LogP contribution in [0.25, 0.3) is 11.1 Å². The number of benzene rings is 1. The number of nitrogens with zero attached hydrogens (tertiary/aromatic N) is 1. The maximum atomic E-state index is 7.32. The summed E-state index contributed by atoms with van der Waals surface area (Å²) < 4.78 is 5.54. The van der Waals surface area contributed by atoms with Gasteiger partial charge in [-0.2, -0.15) is 0 Å². The lowest BCUT2D eigenvalue weighted by Crippen LogP contribution is -2.10. The molecule has 0 aliphatic heterocycles. The average molecular weight is 203 g/mol. The first-order valence-electron chi connectivity index (χ1n) is 4.83. The van der Waals surface area contributed by atoms with Gasteiger partial charge in [-0.3, -0.25) is 5.41 Å². The van der Waals surface area contributed by atoms with E-state index in [4.69, 9.17) is 15.6 Å². The van der Waals surface area contributed by atoms with Gasteiger partial charge in [0.15, 0.2) is 11.5 Å². The fourth-order valence-electron chi connectivity index (χ4n) is 1.36. The molecule has 78 valence electrons. The summed E-state index contributed by atoms with van der Waals surface area (Å²) in [6, 6.07) is 5.33. The number of nitrogens with one attached hydrogen (secondary N) is 1. The molecule has 0 amide bonds. The summed E-state index contributed by atoms with van der Waals surface area (Å²) in [6.07, 6.45) is 0. The highest BCUT2D eigenvalue weighted by Gasteiger charge is 2.09. The zero-order valence-electron chi connectivity index (χ0n) is 8.74. The summed E-state index contributed by atoms with van der Waals surface area (Å²) in [5, 5.41) is 7.32. The molecule has 1 aromatic heterocycles. The Bertz CT molecular complexity index is 514. The molecule has 2 rings (SSSR count). The predicted molar refractivity (Wildman–Crippen MR) is 59.1 cm³/mol. The second-order valence-corrected chi connectivity index (χ2v) is 3.80. The molecule has 0 aliphatic rings. The van der Waals surface area contributed by atoms with Crippen molar-refractivity contribution >= 4 is 16.9 Å². The smallest absolute Gasteiger partial charge is 0.198 e. The van der Waals surface area contributed by atoms with Crippen molar-refractivity contribution in [2.24, 2.45) is 5.73 Å².